The molecule has 0 aromatic heterocycles. The normalized spacial score (nSPS) is 43.4. The van der Waals surface area contributed by atoms with Crippen LogP contribution in [0.4, 0.5) is 0 Å². The number of ether oxygens (including phenoxy) is 1. The van der Waals surface area contributed by atoms with Crippen LogP contribution in [0.15, 0.2) is 11.6 Å². The zero-order valence-corrected chi connectivity index (χ0v) is 18.3. The van der Waals surface area contributed by atoms with Crippen LogP contribution in [0.2, 0.25) is 0 Å². The minimum Gasteiger partial charge on any atom is -0.469 e. The zero-order valence-electron chi connectivity index (χ0n) is 18.3. The summed E-state index contributed by atoms with van der Waals surface area (Å²) in [6.45, 7) is 7.40. The number of ketones is 1. The number of carbonyl (C=O) groups excluding carboxylic acids is 2. The first-order valence-corrected chi connectivity index (χ1v) is 11.6. The van der Waals surface area contributed by atoms with E-state index in [1.54, 1.807) is 0 Å². The molecule has 0 spiro atoms. The van der Waals surface area contributed by atoms with Crippen LogP contribution in [-0.4, -0.2) is 18.9 Å². The fourth-order valence-electron chi connectivity index (χ4n) is 8.18. The van der Waals surface area contributed by atoms with E-state index >= 15 is 0 Å². The van der Waals surface area contributed by atoms with Crippen molar-refractivity contribution >= 4 is 11.8 Å². The van der Waals surface area contributed by atoms with Crippen molar-refractivity contribution in [2.75, 3.05) is 7.11 Å². The Hall–Kier alpha value is -1.12. The number of carbonyl (C=O) groups is 2. The molecule has 0 saturated heterocycles. The van der Waals surface area contributed by atoms with Crippen LogP contribution < -0.4 is 0 Å². The van der Waals surface area contributed by atoms with E-state index in [0.717, 1.165) is 49.4 Å². The van der Waals surface area contributed by atoms with Gasteiger partial charge in [-0.3, -0.25) is 9.59 Å². The van der Waals surface area contributed by atoms with Crippen LogP contribution >= 0.6 is 0 Å². The number of hydrogen-bond acceptors (Lipinski definition) is 3. The van der Waals surface area contributed by atoms with Crippen LogP contribution in [0.3, 0.4) is 0 Å². The highest BCUT2D eigenvalue weighted by Crippen LogP contribution is 2.67. The fraction of sp³-hybridized carbons (Fsp3) is 0.840. The number of hydrogen-bond donors (Lipinski definition) is 0. The smallest absolute Gasteiger partial charge is 0.305 e. The van der Waals surface area contributed by atoms with Gasteiger partial charge >= 0.3 is 5.97 Å². The van der Waals surface area contributed by atoms with E-state index in [9.17, 15) is 9.59 Å². The molecule has 0 N–H and O–H groups in total. The van der Waals surface area contributed by atoms with Gasteiger partial charge in [-0.05, 0) is 97.9 Å². The van der Waals surface area contributed by atoms with E-state index in [1.807, 2.05) is 6.08 Å². The molecule has 0 bridgehead atoms. The van der Waals surface area contributed by atoms with E-state index in [2.05, 4.69) is 20.8 Å². The Kier molecular flexibility index (Phi) is 5.25. The maximum Gasteiger partial charge on any atom is 0.305 e. The maximum atomic E-state index is 12.0. The number of methoxy groups -OCH3 is 1. The molecule has 5 unspecified atom stereocenters. The Balaban J connectivity index is 1.51. The number of esters is 1. The SMILES string of the molecule is COC(=O)CCC(C)[C@H]1CCC2C3CCC4=CC(=O)CCC4(C)C3CC[C@@]21C. The lowest BCUT2D eigenvalue weighted by atomic mass is 9.46. The molecule has 28 heavy (non-hydrogen) atoms. The van der Waals surface area contributed by atoms with Gasteiger partial charge in [0.15, 0.2) is 5.78 Å². The third-order valence-electron chi connectivity index (χ3n) is 9.75. The molecule has 3 fully saturated rings. The Morgan fingerprint density at radius 2 is 1.93 bits per heavy atom. The Morgan fingerprint density at radius 1 is 1.14 bits per heavy atom. The zero-order chi connectivity index (χ0) is 20.1. The van der Waals surface area contributed by atoms with Crippen molar-refractivity contribution in [1.29, 1.82) is 0 Å². The lowest BCUT2D eigenvalue weighted by Crippen LogP contribution is -2.51. The third kappa shape index (κ3) is 3.08. The van der Waals surface area contributed by atoms with Crippen LogP contribution in [-0.2, 0) is 14.3 Å². The number of fused-ring (bicyclic) bond motifs is 5. The van der Waals surface area contributed by atoms with Crippen molar-refractivity contribution in [3.63, 3.8) is 0 Å². The van der Waals surface area contributed by atoms with Gasteiger partial charge in [0.05, 0.1) is 7.11 Å². The lowest BCUT2D eigenvalue weighted by Gasteiger charge is -2.58. The first-order chi connectivity index (χ1) is 13.3. The fourth-order valence-corrected chi connectivity index (χ4v) is 8.18. The molecule has 156 valence electrons. The monoisotopic (exact) mass is 386 g/mol. The molecule has 0 radical (unpaired) electrons. The average Bonchev–Trinajstić information content (AvgIpc) is 3.03. The van der Waals surface area contributed by atoms with Crippen LogP contribution in [0.25, 0.3) is 0 Å². The van der Waals surface area contributed by atoms with E-state index in [-0.39, 0.29) is 11.4 Å². The van der Waals surface area contributed by atoms with Crippen molar-refractivity contribution in [3.05, 3.63) is 11.6 Å². The standard InChI is InChI=1S/C25H38O3/c1-16(5-10-23(27)28-4)20-8-9-21-19-7-6-17-15-18(26)11-13-24(17,2)22(19)12-14-25(20,21)3/h15-16,19-22H,5-14H2,1-4H3/t16?,19?,20-,21?,22?,24?,25-/m1/s1. The Labute approximate surface area is 170 Å². The molecule has 4 aliphatic rings. The molecule has 0 amide bonds. The van der Waals surface area contributed by atoms with Crippen molar-refractivity contribution in [3.8, 4) is 0 Å². The molecule has 0 aromatic rings. The summed E-state index contributed by atoms with van der Waals surface area (Å²) in [4.78, 5) is 23.6. The van der Waals surface area contributed by atoms with Gasteiger partial charge in [0.1, 0.15) is 0 Å². The van der Waals surface area contributed by atoms with E-state index in [0.29, 0.717) is 23.5 Å². The van der Waals surface area contributed by atoms with Crippen molar-refractivity contribution in [2.45, 2.75) is 85.0 Å². The summed E-state index contributed by atoms with van der Waals surface area (Å²) in [5, 5.41) is 0. The number of allylic oxidation sites excluding steroid dienone is 1. The quantitative estimate of drug-likeness (QED) is 0.580. The molecule has 3 nitrogen and oxygen atoms in total. The highest BCUT2D eigenvalue weighted by atomic mass is 16.5. The molecule has 0 aliphatic heterocycles. The summed E-state index contributed by atoms with van der Waals surface area (Å²) in [7, 11) is 1.49. The van der Waals surface area contributed by atoms with Gasteiger partial charge in [-0.25, -0.2) is 0 Å². The van der Waals surface area contributed by atoms with Crippen LogP contribution in [0.5, 0.6) is 0 Å². The van der Waals surface area contributed by atoms with Gasteiger partial charge in [0, 0.05) is 12.8 Å². The Morgan fingerprint density at radius 3 is 2.68 bits per heavy atom. The van der Waals surface area contributed by atoms with Crippen molar-refractivity contribution < 1.29 is 14.3 Å². The summed E-state index contributed by atoms with van der Waals surface area (Å²) in [5.74, 6) is 4.03. The van der Waals surface area contributed by atoms with Gasteiger partial charge < -0.3 is 4.74 Å². The first kappa shape index (κ1) is 20.2. The summed E-state index contributed by atoms with van der Waals surface area (Å²) >= 11 is 0. The van der Waals surface area contributed by atoms with Crippen molar-refractivity contribution in [2.24, 2.45) is 40.4 Å². The van der Waals surface area contributed by atoms with Gasteiger partial charge in [0.25, 0.3) is 0 Å². The van der Waals surface area contributed by atoms with E-state index in [4.69, 9.17) is 4.74 Å². The highest BCUT2D eigenvalue weighted by Gasteiger charge is 2.59. The predicted molar refractivity (Wildman–Crippen MR) is 111 cm³/mol. The predicted octanol–water partition coefficient (Wildman–Crippen LogP) is 5.72. The molecule has 4 rings (SSSR count). The topological polar surface area (TPSA) is 43.4 Å². The second kappa shape index (κ2) is 7.29. The van der Waals surface area contributed by atoms with Gasteiger partial charge in [-0.15, -0.1) is 0 Å². The maximum absolute atomic E-state index is 12.0. The third-order valence-corrected chi connectivity index (χ3v) is 9.75. The lowest BCUT2D eigenvalue weighted by molar-refractivity contribution is -0.141. The van der Waals surface area contributed by atoms with Crippen LogP contribution in [0, 0.1) is 40.4 Å². The molecule has 0 heterocycles. The largest absolute Gasteiger partial charge is 0.469 e. The van der Waals surface area contributed by atoms with E-state index in [1.165, 1.54) is 44.8 Å². The molecular weight excluding hydrogens is 348 g/mol. The molecular formula is C25H38O3. The molecule has 3 saturated carbocycles. The molecule has 4 aliphatic carbocycles. The summed E-state index contributed by atoms with van der Waals surface area (Å²) in [5.41, 5.74) is 2.17. The summed E-state index contributed by atoms with van der Waals surface area (Å²) in [6.07, 6.45) is 13.1. The molecule has 3 heteroatoms. The summed E-state index contributed by atoms with van der Waals surface area (Å²) < 4.78 is 4.87. The van der Waals surface area contributed by atoms with E-state index < -0.39 is 0 Å². The minimum absolute atomic E-state index is 0.0679. The Bertz CT molecular complexity index is 679. The second-order valence-electron chi connectivity index (χ2n) is 10.8. The van der Waals surface area contributed by atoms with Crippen LogP contribution in [0.1, 0.15) is 85.0 Å². The number of rotatable bonds is 4. The average molecular weight is 387 g/mol. The second-order valence-corrected chi connectivity index (χ2v) is 10.8. The molecule has 0 aromatic carbocycles. The summed E-state index contributed by atoms with van der Waals surface area (Å²) in [6, 6.07) is 0. The minimum atomic E-state index is -0.0679. The van der Waals surface area contributed by atoms with Gasteiger partial charge in [-0.1, -0.05) is 26.3 Å². The molecule has 7 atom stereocenters. The first-order valence-electron chi connectivity index (χ1n) is 11.6. The van der Waals surface area contributed by atoms with Crippen molar-refractivity contribution in [1.82, 2.24) is 0 Å². The van der Waals surface area contributed by atoms with Gasteiger partial charge in [-0.2, -0.15) is 0 Å². The highest BCUT2D eigenvalue weighted by molar-refractivity contribution is 5.91. The van der Waals surface area contributed by atoms with Gasteiger partial charge in [0.2, 0.25) is 0 Å².